The Labute approximate surface area is 166 Å². The van der Waals surface area contributed by atoms with E-state index in [1.165, 1.54) is 5.56 Å². The van der Waals surface area contributed by atoms with Gasteiger partial charge in [0, 0.05) is 32.6 Å². The molecule has 0 radical (unpaired) electrons. The number of benzene rings is 2. The van der Waals surface area contributed by atoms with E-state index in [1.54, 1.807) is 7.11 Å². The van der Waals surface area contributed by atoms with Gasteiger partial charge in [-0.2, -0.15) is 0 Å². The Morgan fingerprint density at radius 1 is 0.821 bits per heavy atom. The highest BCUT2D eigenvalue weighted by molar-refractivity contribution is 5.79. The first kappa shape index (κ1) is 19.9. The third kappa shape index (κ3) is 5.59. The lowest BCUT2D eigenvalue weighted by atomic mass is 10.1. The number of carbonyl (C=O) groups excluding carboxylic acids is 2. The number of ether oxygens (including phenoxy) is 1. The number of methoxy groups -OCH3 is 1. The van der Waals surface area contributed by atoms with E-state index in [2.05, 4.69) is 12.1 Å². The predicted octanol–water partition coefficient (Wildman–Crippen LogP) is 2.93. The van der Waals surface area contributed by atoms with Crippen molar-refractivity contribution in [1.29, 1.82) is 0 Å². The van der Waals surface area contributed by atoms with Crippen LogP contribution >= 0.6 is 0 Å². The summed E-state index contributed by atoms with van der Waals surface area (Å²) in [5.74, 6) is 1.08. The van der Waals surface area contributed by atoms with Gasteiger partial charge in [-0.25, -0.2) is 0 Å². The highest BCUT2D eigenvalue weighted by Gasteiger charge is 2.22. The lowest BCUT2D eigenvalue weighted by Crippen LogP contribution is -2.38. The Bertz CT molecular complexity index is 774. The molecule has 5 heteroatoms. The molecule has 0 saturated carbocycles. The Balaban J connectivity index is 1.48. The lowest BCUT2D eigenvalue weighted by molar-refractivity contribution is -0.133. The van der Waals surface area contributed by atoms with Crippen molar-refractivity contribution in [3.8, 4) is 5.75 Å². The van der Waals surface area contributed by atoms with Crippen molar-refractivity contribution in [1.82, 2.24) is 9.80 Å². The first-order valence-electron chi connectivity index (χ1n) is 9.88. The van der Waals surface area contributed by atoms with E-state index in [0.29, 0.717) is 32.5 Å². The predicted molar refractivity (Wildman–Crippen MR) is 109 cm³/mol. The minimum atomic E-state index is 0.115. The smallest absolute Gasteiger partial charge is 0.227 e. The van der Waals surface area contributed by atoms with E-state index in [9.17, 15) is 9.59 Å². The molecular formula is C23H28N2O3. The minimum absolute atomic E-state index is 0.115. The zero-order valence-electron chi connectivity index (χ0n) is 16.5. The van der Waals surface area contributed by atoms with Crippen molar-refractivity contribution in [3.63, 3.8) is 0 Å². The van der Waals surface area contributed by atoms with Crippen molar-refractivity contribution >= 4 is 11.8 Å². The van der Waals surface area contributed by atoms with E-state index in [-0.39, 0.29) is 11.8 Å². The number of nitrogens with zero attached hydrogens (tertiary/aromatic N) is 2. The van der Waals surface area contributed by atoms with Crippen LogP contribution in [0.3, 0.4) is 0 Å². The van der Waals surface area contributed by atoms with Crippen LogP contribution in [0.4, 0.5) is 0 Å². The van der Waals surface area contributed by atoms with E-state index in [0.717, 1.165) is 30.7 Å². The molecule has 0 bridgehead atoms. The maximum Gasteiger partial charge on any atom is 0.227 e. The van der Waals surface area contributed by atoms with Crippen molar-refractivity contribution in [2.45, 2.75) is 25.7 Å². The summed E-state index contributed by atoms with van der Waals surface area (Å²) in [6, 6.07) is 17.7. The molecule has 2 aromatic carbocycles. The van der Waals surface area contributed by atoms with Crippen LogP contribution in [0.25, 0.3) is 0 Å². The van der Waals surface area contributed by atoms with E-state index in [1.807, 2.05) is 52.3 Å². The second-order valence-electron chi connectivity index (χ2n) is 7.13. The minimum Gasteiger partial charge on any atom is -0.497 e. The molecule has 1 aliphatic heterocycles. The van der Waals surface area contributed by atoms with Gasteiger partial charge in [0.05, 0.1) is 13.5 Å². The molecule has 1 saturated heterocycles. The van der Waals surface area contributed by atoms with Crippen LogP contribution in [-0.2, 0) is 22.4 Å². The van der Waals surface area contributed by atoms with Gasteiger partial charge in [-0.15, -0.1) is 0 Å². The number of amides is 2. The van der Waals surface area contributed by atoms with Crippen LogP contribution in [0.15, 0.2) is 54.6 Å². The average Bonchev–Trinajstić information content (AvgIpc) is 3.00. The summed E-state index contributed by atoms with van der Waals surface area (Å²) >= 11 is 0. The maximum absolute atomic E-state index is 12.7. The molecule has 148 valence electrons. The number of rotatable bonds is 6. The Kier molecular flexibility index (Phi) is 7.06. The van der Waals surface area contributed by atoms with Crippen molar-refractivity contribution in [3.05, 3.63) is 65.7 Å². The standard InChI is InChI=1S/C23H28N2O3/c1-28-21-11-8-20(9-12-21)18-23(27)25-15-5-14-24(16-17-25)22(26)13-10-19-6-3-2-4-7-19/h2-4,6-9,11-12H,5,10,13-18H2,1H3. The molecule has 0 aliphatic carbocycles. The zero-order valence-corrected chi connectivity index (χ0v) is 16.5. The van der Waals surface area contributed by atoms with Gasteiger partial charge in [-0.05, 0) is 36.1 Å². The quantitative estimate of drug-likeness (QED) is 0.774. The summed E-state index contributed by atoms with van der Waals surface area (Å²) in [5.41, 5.74) is 2.16. The molecular weight excluding hydrogens is 352 g/mol. The molecule has 1 heterocycles. The summed E-state index contributed by atoms with van der Waals surface area (Å²) in [5, 5.41) is 0. The van der Waals surface area contributed by atoms with Crippen molar-refractivity contribution in [2.24, 2.45) is 0 Å². The molecule has 0 spiro atoms. The Morgan fingerprint density at radius 3 is 2.11 bits per heavy atom. The molecule has 0 unspecified atom stereocenters. The van der Waals surface area contributed by atoms with Gasteiger partial charge in [0.25, 0.3) is 0 Å². The summed E-state index contributed by atoms with van der Waals surface area (Å²) < 4.78 is 5.16. The van der Waals surface area contributed by atoms with E-state index < -0.39 is 0 Å². The highest BCUT2D eigenvalue weighted by atomic mass is 16.5. The molecule has 1 aliphatic rings. The van der Waals surface area contributed by atoms with Gasteiger partial charge < -0.3 is 14.5 Å². The molecule has 0 N–H and O–H groups in total. The molecule has 2 aromatic rings. The average molecular weight is 380 g/mol. The number of hydrogen-bond donors (Lipinski definition) is 0. The fourth-order valence-electron chi connectivity index (χ4n) is 3.50. The first-order chi connectivity index (χ1) is 13.7. The van der Waals surface area contributed by atoms with Gasteiger partial charge in [-0.3, -0.25) is 9.59 Å². The molecule has 3 rings (SSSR count). The molecule has 0 aromatic heterocycles. The largest absolute Gasteiger partial charge is 0.497 e. The normalized spacial score (nSPS) is 14.5. The molecule has 28 heavy (non-hydrogen) atoms. The van der Waals surface area contributed by atoms with Crippen molar-refractivity contribution < 1.29 is 14.3 Å². The summed E-state index contributed by atoms with van der Waals surface area (Å²) in [6.45, 7) is 2.64. The van der Waals surface area contributed by atoms with Gasteiger partial charge in [-0.1, -0.05) is 42.5 Å². The third-order valence-electron chi connectivity index (χ3n) is 5.19. The van der Waals surface area contributed by atoms with Crippen LogP contribution in [0.5, 0.6) is 5.75 Å². The fourth-order valence-corrected chi connectivity index (χ4v) is 3.50. The second kappa shape index (κ2) is 9.93. The first-order valence-corrected chi connectivity index (χ1v) is 9.88. The van der Waals surface area contributed by atoms with Crippen LogP contribution < -0.4 is 4.74 Å². The Morgan fingerprint density at radius 2 is 1.46 bits per heavy atom. The van der Waals surface area contributed by atoms with E-state index >= 15 is 0 Å². The Hall–Kier alpha value is -2.82. The molecule has 0 atom stereocenters. The van der Waals surface area contributed by atoms with Gasteiger partial charge >= 0.3 is 0 Å². The van der Waals surface area contributed by atoms with Crippen LogP contribution in [0.2, 0.25) is 0 Å². The SMILES string of the molecule is COc1ccc(CC(=O)N2CCCN(C(=O)CCc3ccccc3)CC2)cc1. The van der Waals surface area contributed by atoms with Crippen LogP contribution in [-0.4, -0.2) is 54.9 Å². The summed E-state index contributed by atoms with van der Waals surface area (Å²) in [6.07, 6.45) is 2.48. The zero-order chi connectivity index (χ0) is 19.8. The molecule has 2 amide bonds. The number of hydrogen-bond acceptors (Lipinski definition) is 3. The molecule has 1 fully saturated rings. The second-order valence-corrected chi connectivity index (χ2v) is 7.13. The van der Waals surface area contributed by atoms with Crippen LogP contribution in [0.1, 0.15) is 24.0 Å². The monoisotopic (exact) mass is 380 g/mol. The van der Waals surface area contributed by atoms with E-state index in [4.69, 9.17) is 4.74 Å². The van der Waals surface area contributed by atoms with Crippen LogP contribution in [0, 0.1) is 0 Å². The topological polar surface area (TPSA) is 49.9 Å². The number of carbonyl (C=O) groups is 2. The highest BCUT2D eigenvalue weighted by Crippen LogP contribution is 2.14. The van der Waals surface area contributed by atoms with Crippen molar-refractivity contribution in [2.75, 3.05) is 33.3 Å². The maximum atomic E-state index is 12.7. The summed E-state index contributed by atoms with van der Waals surface area (Å²) in [4.78, 5) is 29.0. The lowest BCUT2D eigenvalue weighted by Gasteiger charge is -2.22. The third-order valence-corrected chi connectivity index (χ3v) is 5.19. The number of aryl methyl sites for hydroxylation is 1. The van der Waals surface area contributed by atoms with Gasteiger partial charge in [0.2, 0.25) is 11.8 Å². The van der Waals surface area contributed by atoms with Gasteiger partial charge in [0.15, 0.2) is 0 Å². The fraction of sp³-hybridized carbons (Fsp3) is 0.391. The molecule has 5 nitrogen and oxygen atoms in total. The summed E-state index contributed by atoms with van der Waals surface area (Å²) in [7, 11) is 1.63. The van der Waals surface area contributed by atoms with Gasteiger partial charge in [0.1, 0.15) is 5.75 Å².